The Labute approximate surface area is 187 Å². The highest BCUT2D eigenvalue weighted by molar-refractivity contribution is 6.32. The van der Waals surface area contributed by atoms with E-state index in [1.54, 1.807) is 19.2 Å². The third-order valence-corrected chi connectivity index (χ3v) is 5.72. The van der Waals surface area contributed by atoms with Crippen molar-refractivity contribution in [3.05, 3.63) is 46.5 Å². The van der Waals surface area contributed by atoms with Crippen molar-refractivity contribution in [3.8, 4) is 23.0 Å². The third-order valence-electron chi connectivity index (χ3n) is 5.44. The summed E-state index contributed by atoms with van der Waals surface area (Å²) >= 11 is 6.34. The minimum atomic E-state index is -0.0535. The standard InChI is InChI=1S/C23H27ClN2O5/c1-3-29-22-18(24)13-17(14-21(22)28-2)23(27)26-8-6-25(7-9-26)15-16-4-5-19-20(12-16)31-11-10-30-19/h4-5,12-14H,3,6-11,15H2,1-2H3. The molecular weight excluding hydrogens is 420 g/mol. The van der Waals surface area contributed by atoms with Crippen LogP contribution in [0, 0.1) is 0 Å². The SMILES string of the molecule is CCOc1c(Cl)cc(C(=O)N2CCN(Cc3ccc4c(c3)OCCO4)CC2)cc1OC. The van der Waals surface area contributed by atoms with Crippen molar-refractivity contribution >= 4 is 17.5 Å². The van der Waals surface area contributed by atoms with Crippen LogP contribution in [0.1, 0.15) is 22.8 Å². The Bertz CT molecular complexity index is 944. The first-order chi connectivity index (χ1) is 15.1. The molecule has 0 unspecified atom stereocenters. The number of carbonyl (C=O) groups excluding carboxylic acids is 1. The van der Waals surface area contributed by atoms with Gasteiger partial charge < -0.3 is 23.8 Å². The van der Waals surface area contributed by atoms with Gasteiger partial charge in [-0.15, -0.1) is 0 Å². The molecule has 0 bridgehead atoms. The maximum atomic E-state index is 13.0. The lowest BCUT2D eigenvalue weighted by atomic mass is 10.1. The largest absolute Gasteiger partial charge is 0.493 e. The van der Waals surface area contributed by atoms with Gasteiger partial charge in [0.1, 0.15) is 13.2 Å². The fourth-order valence-electron chi connectivity index (χ4n) is 3.86. The van der Waals surface area contributed by atoms with E-state index < -0.39 is 0 Å². The maximum Gasteiger partial charge on any atom is 0.254 e. The van der Waals surface area contributed by atoms with Gasteiger partial charge in [-0.2, -0.15) is 0 Å². The van der Waals surface area contributed by atoms with Gasteiger partial charge in [0.05, 0.1) is 18.7 Å². The summed E-state index contributed by atoms with van der Waals surface area (Å²) in [5.41, 5.74) is 1.68. The fourth-order valence-corrected chi connectivity index (χ4v) is 4.13. The zero-order valence-electron chi connectivity index (χ0n) is 17.9. The van der Waals surface area contributed by atoms with Crippen molar-refractivity contribution in [2.45, 2.75) is 13.5 Å². The summed E-state index contributed by atoms with van der Waals surface area (Å²) in [5.74, 6) is 2.48. The number of hydrogen-bond donors (Lipinski definition) is 0. The summed E-state index contributed by atoms with van der Waals surface area (Å²) in [4.78, 5) is 17.2. The Morgan fingerprint density at radius 3 is 2.52 bits per heavy atom. The molecule has 2 aromatic carbocycles. The molecule has 0 atom stereocenters. The number of halogens is 1. The summed E-state index contributed by atoms with van der Waals surface area (Å²) in [6.45, 7) is 7.21. The Kier molecular flexibility index (Phi) is 6.73. The van der Waals surface area contributed by atoms with Gasteiger partial charge in [0.15, 0.2) is 23.0 Å². The molecule has 2 aromatic rings. The number of piperazine rings is 1. The fraction of sp³-hybridized carbons (Fsp3) is 0.435. The highest BCUT2D eigenvalue weighted by Gasteiger charge is 2.24. The Balaban J connectivity index is 1.37. The number of fused-ring (bicyclic) bond motifs is 1. The second kappa shape index (κ2) is 9.66. The van der Waals surface area contributed by atoms with Crippen LogP contribution in [0.2, 0.25) is 5.02 Å². The average molecular weight is 447 g/mol. The molecule has 2 heterocycles. The second-order valence-electron chi connectivity index (χ2n) is 7.47. The highest BCUT2D eigenvalue weighted by Crippen LogP contribution is 2.37. The van der Waals surface area contributed by atoms with Crippen LogP contribution in [-0.4, -0.2) is 68.8 Å². The molecule has 1 saturated heterocycles. The minimum Gasteiger partial charge on any atom is -0.493 e. The van der Waals surface area contributed by atoms with E-state index in [9.17, 15) is 4.79 Å². The van der Waals surface area contributed by atoms with Crippen LogP contribution in [0.5, 0.6) is 23.0 Å². The summed E-state index contributed by atoms with van der Waals surface area (Å²) in [5, 5.41) is 0.377. The Morgan fingerprint density at radius 1 is 1.06 bits per heavy atom. The van der Waals surface area contributed by atoms with Gasteiger partial charge in [0, 0.05) is 38.3 Å². The Hall–Kier alpha value is -2.64. The van der Waals surface area contributed by atoms with Crippen LogP contribution >= 0.6 is 11.6 Å². The highest BCUT2D eigenvalue weighted by atomic mass is 35.5. The molecule has 7 nitrogen and oxygen atoms in total. The van der Waals surface area contributed by atoms with E-state index in [0.717, 1.165) is 31.1 Å². The molecule has 166 valence electrons. The quantitative estimate of drug-likeness (QED) is 0.677. The molecule has 31 heavy (non-hydrogen) atoms. The van der Waals surface area contributed by atoms with Gasteiger partial charge in [-0.05, 0) is 36.8 Å². The van der Waals surface area contributed by atoms with Gasteiger partial charge in [-0.25, -0.2) is 0 Å². The van der Waals surface area contributed by atoms with Crippen LogP contribution < -0.4 is 18.9 Å². The number of ether oxygens (including phenoxy) is 4. The first kappa shape index (κ1) is 21.6. The monoisotopic (exact) mass is 446 g/mol. The number of benzene rings is 2. The zero-order chi connectivity index (χ0) is 21.8. The number of nitrogens with zero attached hydrogens (tertiary/aromatic N) is 2. The minimum absolute atomic E-state index is 0.0535. The second-order valence-corrected chi connectivity index (χ2v) is 7.88. The smallest absolute Gasteiger partial charge is 0.254 e. The molecule has 0 aromatic heterocycles. The van der Waals surface area contributed by atoms with Crippen LogP contribution in [0.3, 0.4) is 0 Å². The maximum absolute atomic E-state index is 13.0. The molecule has 2 aliphatic heterocycles. The Morgan fingerprint density at radius 2 is 1.81 bits per heavy atom. The number of hydrogen-bond acceptors (Lipinski definition) is 6. The lowest BCUT2D eigenvalue weighted by molar-refractivity contribution is 0.0628. The van der Waals surface area contributed by atoms with Gasteiger partial charge in [0.25, 0.3) is 5.91 Å². The van der Waals surface area contributed by atoms with E-state index in [1.165, 1.54) is 5.56 Å². The van der Waals surface area contributed by atoms with Crippen LogP contribution in [0.25, 0.3) is 0 Å². The molecule has 1 fully saturated rings. The van der Waals surface area contributed by atoms with Crippen molar-refractivity contribution < 1.29 is 23.7 Å². The van der Waals surface area contributed by atoms with Crippen molar-refractivity contribution in [2.75, 3.05) is 53.1 Å². The van der Waals surface area contributed by atoms with Crippen molar-refractivity contribution in [1.29, 1.82) is 0 Å². The van der Waals surface area contributed by atoms with E-state index in [2.05, 4.69) is 11.0 Å². The summed E-state index contributed by atoms with van der Waals surface area (Å²) in [6.07, 6.45) is 0. The third kappa shape index (κ3) is 4.83. The molecular formula is C23H27ClN2O5. The van der Waals surface area contributed by atoms with Crippen LogP contribution in [0.15, 0.2) is 30.3 Å². The van der Waals surface area contributed by atoms with E-state index >= 15 is 0 Å². The first-order valence-electron chi connectivity index (χ1n) is 10.5. The van der Waals surface area contributed by atoms with Crippen molar-refractivity contribution in [3.63, 3.8) is 0 Å². The average Bonchev–Trinajstić information content (AvgIpc) is 2.80. The predicted octanol–water partition coefficient (Wildman–Crippen LogP) is 3.48. The number of carbonyl (C=O) groups is 1. The normalized spacial score (nSPS) is 16.2. The van der Waals surface area contributed by atoms with Gasteiger partial charge in [-0.1, -0.05) is 17.7 Å². The van der Waals surface area contributed by atoms with E-state index in [0.29, 0.717) is 55.0 Å². The number of amides is 1. The van der Waals surface area contributed by atoms with Crippen molar-refractivity contribution in [1.82, 2.24) is 9.80 Å². The van der Waals surface area contributed by atoms with Gasteiger partial charge >= 0.3 is 0 Å². The molecule has 0 radical (unpaired) electrons. The topological polar surface area (TPSA) is 60.5 Å². The van der Waals surface area contributed by atoms with E-state index in [4.69, 9.17) is 30.5 Å². The van der Waals surface area contributed by atoms with Crippen LogP contribution in [-0.2, 0) is 6.54 Å². The molecule has 1 amide bonds. The lowest BCUT2D eigenvalue weighted by Gasteiger charge is -2.35. The predicted molar refractivity (Wildman–Crippen MR) is 118 cm³/mol. The lowest BCUT2D eigenvalue weighted by Crippen LogP contribution is -2.48. The summed E-state index contributed by atoms with van der Waals surface area (Å²) < 4.78 is 22.2. The molecule has 8 heteroatoms. The van der Waals surface area contributed by atoms with Crippen molar-refractivity contribution in [2.24, 2.45) is 0 Å². The van der Waals surface area contributed by atoms with E-state index in [-0.39, 0.29) is 5.91 Å². The van der Waals surface area contributed by atoms with Gasteiger partial charge in [-0.3, -0.25) is 9.69 Å². The van der Waals surface area contributed by atoms with Crippen LogP contribution in [0.4, 0.5) is 0 Å². The molecule has 4 rings (SSSR count). The molecule has 0 N–H and O–H groups in total. The molecule has 0 spiro atoms. The summed E-state index contributed by atoms with van der Waals surface area (Å²) in [7, 11) is 1.54. The number of rotatable bonds is 6. The molecule has 0 saturated carbocycles. The van der Waals surface area contributed by atoms with E-state index in [1.807, 2.05) is 24.0 Å². The zero-order valence-corrected chi connectivity index (χ0v) is 18.6. The molecule has 2 aliphatic rings. The molecule has 0 aliphatic carbocycles. The number of methoxy groups -OCH3 is 1. The van der Waals surface area contributed by atoms with Gasteiger partial charge in [0.2, 0.25) is 0 Å². The summed E-state index contributed by atoms with van der Waals surface area (Å²) in [6, 6.07) is 9.42. The first-order valence-corrected chi connectivity index (χ1v) is 10.9.